The summed E-state index contributed by atoms with van der Waals surface area (Å²) in [6, 6.07) is -0.786. The first-order valence-electron chi connectivity index (χ1n) is 12.7. The van der Waals surface area contributed by atoms with Gasteiger partial charge in [0.15, 0.2) is 0 Å². The SMILES string of the molecule is [B]C1OC(CO)C(O)C1OCCC(=O)NCCCCCCCCCCCCCCCC. The van der Waals surface area contributed by atoms with Gasteiger partial charge in [-0.3, -0.25) is 4.79 Å². The predicted octanol–water partition coefficient (Wildman–Crippen LogP) is 3.61. The summed E-state index contributed by atoms with van der Waals surface area (Å²) < 4.78 is 10.7. The molecule has 1 fully saturated rings. The molecular weight excluding hydrogens is 393 g/mol. The van der Waals surface area contributed by atoms with E-state index < -0.39 is 24.3 Å². The van der Waals surface area contributed by atoms with Crippen LogP contribution in [0.15, 0.2) is 0 Å². The van der Waals surface area contributed by atoms with E-state index in [0.29, 0.717) is 6.54 Å². The number of aliphatic hydroxyl groups is 2. The number of carbonyl (C=O) groups is 1. The van der Waals surface area contributed by atoms with Crippen molar-refractivity contribution in [2.24, 2.45) is 0 Å². The molecular formula is C24H46BNO5. The van der Waals surface area contributed by atoms with Gasteiger partial charge in [-0.1, -0.05) is 90.4 Å². The van der Waals surface area contributed by atoms with E-state index in [-0.39, 0.29) is 25.5 Å². The molecule has 0 spiro atoms. The van der Waals surface area contributed by atoms with E-state index in [0.717, 1.165) is 12.8 Å². The number of aliphatic hydroxyl groups excluding tert-OH is 2. The van der Waals surface area contributed by atoms with Crippen LogP contribution in [0.4, 0.5) is 0 Å². The van der Waals surface area contributed by atoms with Crippen molar-refractivity contribution < 1.29 is 24.5 Å². The molecule has 7 heteroatoms. The highest BCUT2D eigenvalue weighted by Gasteiger charge is 2.41. The highest BCUT2D eigenvalue weighted by molar-refractivity contribution is 6.11. The number of rotatable bonds is 20. The van der Waals surface area contributed by atoms with Crippen LogP contribution < -0.4 is 5.32 Å². The van der Waals surface area contributed by atoms with Gasteiger partial charge in [0.25, 0.3) is 0 Å². The molecule has 0 aliphatic carbocycles. The summed E-state index contributed by atoms with van der Waals surface area (Å²) >= 11 is 0. The summed E-state index contributed by atoms with van der Waals surface area (Å²) in [7, 11) is 5.73. The van der Waals surface area contributed by atoms with Crippen LogP contribution >= 0.6 is 0 Å². The molecule has 1 aliphatic rings. The van der Waals surface area contributed by atoms with Crippen molar-refractivity contribution in [3.05, 3.63) is 0 Å². The highest BCUT2D eigenvalue weighted by Crippen LogP contribution is 2.22. The molecule has 4 unspecified atom stereocenters. The van der Waals surface area contributed by atoms with Gasteiger partial charge in [-0.05, 0) is 6.42 Å². The zero-order valence-electron chi connectivity index (χ0n) is 19.7. The minimum absolute atomic E-state index is 0.0598. The third kappa shape index (κ3) is 13.5. The lowest BCUT2D eigenvalue weighted by Crippen LogP contribution is -2.37. The van der Waals surface area contributed by atoms with E-state index in [2.05, 4.69) is 12.2 Å². The van der Waals surface area contributed by atoms with Crippen molar-refractivity contribution in [3.8, 4) is 0 Å². The molecule has 0 bridgehead atoms. The standard InChI is InChI=1S/C24H46BNO5/c1-2-3-4-5-6-7-8-9-10-11-12-13-14-15-17-26-21(28)16-18-30-23-22(29)20(19-27)31-24(23)25/h20,22-24,27,29H,2-19H2,1H3,(H,26,28). The van der Waals surface area contributed by atoms with Gasteiger partial charge in [0.05, 0.1) is 13.2 Å². The number of ether oxygens (including phenoxy) is 2. The Morgan fingerprint density at radius 3 is 1.94 bits per heavy atom. The fraction of sp³-hybridized carbons (Fsp3) is 0.958. The Morgan fingerprint density at radius 2 is 1.45 bits per heavy atom. The first-order chi connectivity index (χ1) is 15.1. The minimum Gasteiger partial charge on any atom is -0.394 e. The maximum absolute atomic E-state index is 11.9. The molecule has 0 aromatic heterocycles. The van der Waals surface area contributed by atoms with E-state index in [9.17, 15) is 9.90 Å². The highest BCUT2D eigenvalue weighted by atomic mass is 16.6. The normalized spacial score (nSPS) is 23.3. The van der Waals surface area contributed by atoms with Crippen LogP contribution in [0, 0.1) is 0 Å². The third-order valence-electron chi connectivity index (χ3n) is 6.05. The van der Waals surface area contributed by atoms with Crippen molar-refractivity contribution in [1.82, 2.24) is 5.32 Å². The Bertz CT molecular complexity index is 440. The molecule has 6 nitrogen and oxygen atoms in total. The van der Waals surface area contributed by atoms with Crippen LogP contribution in [0.25, 0.3) is 0 Å². The Labute approximate surface area is 191 Å². The summed E-state index contributed by atoms with van der Waals surface area (Å²) in [6.07, 6.45) is 16.3. The van der Waals surface area contributed by atoms with Crippen molar-refractivity contribution in [2.45, 2.75) is 128 Å². The molecule has 0 aromatic carbocycles. The Hall–Kier alpha value is -0.625. The van der Waals surface area contributed by atoms with Crippen LogP contribution in [0.2, 0.25) is 0 Å². The van der Waals surface area contributed by atoms with Crippen LogP contribution in [0.3, 0.4) is 0 Å². The Morgan fingerprint density at radius 1 is 0.935 bits per heavy atom. The molecule has 2 radical (unpaired) electrons. The van der Waals surface area contributed by atoms with Crippen LogP contribution in [-0.4, -0.2) is 68.0 Å². The van der Waals surface area contributed by atoms with Gasteiger partial charge in [-0.25, -0.2) is 0 Å². The average Bonchev–Trinajstić information content (AvgIpc) is 3.04. The smallest absolute Gasteiger partial charge is 0.222 e. The van der Waals surface area contributed by atoms with E-state index in [1.54, 1.807) is 0 Å². The molecule has 1 amide bonds. The van der Waals surface area contributed by atoms with Gasteiger partial charge >= 0.3 is 0 Å². The van der Waals surface area contributed by atoms with E-state index in [1.165, 1.54) is 77.0 Å². The minimum atomic E-state index is -0.974. The summed E-state index contributed by atoms with van der Waals surface area (Å²) in [5, 5.41) is 21.9. The predicted molar refractivity (Wildman–Crippen MR) is 125 cm³/mol. The second-order valence-corrected chi connectivity index (χ2v) is 8.84. The van der Waals surface area contributed by atoms with Crippen molar-refractivity contribution in [1.29, 1.82) is 0 Å². The summed E-state index contributed by atoms with van der Waals surface area (Å²) in [6.45, 7) is 2.81. The van der Waals surface area contributed by atoms with Gasteiger partial charge < -0.3 is 25.0 Å². The Kier molecular flexibility index (Phi) is 17.3. The monoisotopic (exact) mass is 439 g/mol. The molecule has 1 saturated heterocycles. The van der Waals surface area contributed by atoms with Crippen LogP contribution in [-0.2, 0) is 14.3 Å². The topological polar surface area (TPSA) is 88.0 Å². The second kappa shape index (κ2) is 18.9. The quantitative estimate of drug-likeness (QED) is 0.199. The zero-order valence-corrected chi connectivity index (χ0v) is 19.7. The van der Waals surface area contributed by atoms with E-state index in [1.807, 2.05) is 0 Å². The summed E-state index contributed by atoms with van der Waals surface area (Å²) in [5.74, 6) is -0.0598. The molecule has 0 aromatic rings. The molecule has 3 N–H and O–H groups in total. The van der Waals surface area contributed by atoms with Crippen molar-refractivity contribution in [3.63, 3.8) is 0 Å². The van der Waals surface area contributed by atoms with Gasteiger partial charge in [0.1, 0.15) is 26.2 Å². The number of carbonyl (C=O) groups excluding carboxylic acids is 1. The number of hydrogen-bond acceptors (Lipinski definition) is 5. The molecule has 4 atom stereocenters. The van der Waals surface area contributed by atoms with Gasteiger partial charge in [-0.15, -0.1) is 0 Å². The van der Waals surface area contributed by atoms with Gasteiger partial charge in [-0.2, -0.15) is 0 Å². The lowest BCUT2D eigenvalue weighted by molar-refractivity contribution is -0.123. The number of amides is 1. The fourth-order valence-corrected chi connectivity index (χ4v) is 4.03. The first kappa shape index (κ1) is 28.4. The molecule has 1 rings (SSSR count). The van der Waals surface area contributed by atoms with E-state index >= 15 is 0 Å². The number of nitrogens with one attached hydrogen (secondary N) is 1. The third-order valence-corrected chi connectivity index (χ3v) is 6.05. The molecule has 1 heterocycles. The maximum atomic E-state index is 11.9. The lowest BCUT2D eigenvalue weighted by atomic mass is 9.93. The Balaban J connectivity index is 1.84. The first-order valence-corrected chi connectivity index (χ1v) is 12.7. The molecule has 0 saturated carbocycles. The van der Waals surface area contributed by atoms with Gasteiger partial charge in [0.2, 0.25) is 5.91 Å². The number of unbranched alkanes of at least 4 members (excludes halogenated alkanes) is 13. The molecule has 31 heavy (non-hydrogen) atoms. The molecule has 1 aliphatic heterocycles. The fourth-order valence-electron chi connectivity index (χ4n) is 4.03. The average molecular weight is 439 g/mol. The number of hydrogen-bond donors (Lipinski definition) is 3. The van der Waals surface area contributed by atoms with Crippen LogP contribution in [0.5, 0.6) is 0 Å². The second-order valence-electron chi connectivity index (χ2n) is 8.84. The zero-order chi connectivity index (χ0) is 22.7. The van der Waals surface area contributed by atoms with E-state index in [4.69, 9.17) is 22.4 Å². The lowest BCUT2D eigenvalue weighted by Gasteiger charge is -2.18. The van der Waals surface area contributed by atoms with Crippen molar-refractivity contribution in [2.75, 3.05) is 19.8 Å². The summed E-state index contributed by atoms with van der Waals surface area (Å²) in [5.41, 5.74) is 0. The van der Waals surface area contributed by atoms with Crippen molar-refractivity contribution >= 4 is 13.8 Å². The van der Waals surface area contributed by atoms with Crippen LogP contribution in [0.1, 0.15) is 103 Å². The molecule has 180 valence electrons. The maximum Gasteiger partial charge on any atom is 0.222 e. The largest absolute Gasteiger partial charge is 0.394 e. The van der Waals surface area contributed by atoms with Gasteiger partial charge in [0, 0.05) is 19.0 Å². The summed E-state index contributed by atoms with van der Waals surface area (Å²) in [4.78, 5) is 11.9.